The fraction of sp³-hybridized carbons (Fsp3) is 0. The number of benzene rings is 4. The molecule has 4 nitrogen and oxygen atoms in total. The number of para-hydroxylation sites is 2. The Hall–Kier alpha value is -4.05. The molecule has 0 amide bonds. The van der Waals surface area contributed by atoms with Gasteiger partial charge in [0.25, 0.3) is 0 Å². The monoisotopic (exact) mass is 376 g/mol. The van der Waals surface area contributed by atoms with E-state index in [0.717, 1.165) is 55.0 Å². The number of fused-ring (bicyclic) bond motifs is 6. The summed E-state index contributed by atoms with van der Waals surface area (Å²) in [6.45, 7) is 0. The lowest BCUT2D eigenvalue weighted by molar-refractivity contribution is 0.668. The Labute approximate surface area is 165 Å². The first-order valence-corrected chi connectivity index (χ1v) is 9.40. The minimum Gasteiger partial charge on any atom is -0.456 e. The van der Waals surface area contributed by atoms with Crippen LogP contribution in [-0.4, -0.2) is 5.84 Å². The molecule has 0 aliphatic carbocycles. The Bertz CT molecular complexity index is 1590. The highest BCUT2D eigenvalue weighted by Gasteiger charge is 2.14. The average molecular weight is 376 g/mol. The third kappa shape index (κ3) is 2.29. The van der Waals surface area contributed by atoms with Crippen LogP contribution in [0.1, 0.15) is 5.56 Å². The molecule has 29 heavy (non-hydrogen) atoms. The molecule has 0 bridgehead atoms. The first-order chi connectivity index (χ1) is 14.2. The number of furan rings is 2. The first kappa shape index (κ1) is 16.0. The van der Waals surface area contributed by atoms with E-state index in [1.165, 1.54) is 0 Å². The highest BCUT2D eigenvalue weighted by atomic mass is 16.3. The van der Waals surface area contributed by atoms with Crippen LogP contribution >= 0.6 is 0 Å². The van der Waals surface area contributed by atoms with Crippen molar-refractivity contribution in [1.29, 1.82) is 5.41 Å². The van der Waals surface area contributed by atoms with Crippen LogP contribution in [0.3, 0.4) is 0 Å². The van der Waals surface area contributed by atoms with Crippen LogP contribution in [0.5, 0.6) is 0 Å². The maximum atomic E-state index is 7.73. The number of nitrogens with one attached hydrogen (secondary N) is 1. The van der Waals surface area contributed by atoms with Gasteiger partial charge in [0.2, 0.25) is 0 Å². The van der Waals surface area contributed by atoms with Crippen molar-refractivity contribution in [2.24, 2.45) is 5.73 Å². The van der Waals surface area contributed by atoms with Crippen molar-refractivity contribution >= 4 is 49.7 Å². The smallest absolute Gasteiger partial charge is 0.143 e. The standard InChI is InChI=1S/C25H16N2O2/c26-25(27)15-9-11-23-20(13-15)19-12-14(8-10-22(19)28-23)16-5-3-6-18-17-4-1-2-7-21(17)29-24(16)18/h1-13H,(H3,26,27). The number of rotatable bonds is 2. The minimum absolute atomic E-state index is 0.0458. The van der Waals surface area contributed by atoms with E-state index in [0.29, 0.717) is 5.56 Å². The molecule has 2 heterocycles. The Morgan fingerprint density at radius 2 is 1.38 bits per heavy atom. The van der Waals surface area contributed by atoms with Crippen LogP contribution in [0, 0.1) is 5.41 Å². The summed E-state index contributed by atoms with van der Waals surface area (Å²) in [5.41, 5.74) is 11.8. The summed E-state index contributed by atoms with van der Waals surface area (Å²) in [6, 6.07) is 26.1. The molecule has 3 N–H and O–H groups in total. The molecule has 138 valence electrons. The maximum Gasteiger partial charge on any atom is 0.143 e. The van der Waals surface area contributed by atoms with Gasteiger partial charge < -0.3 is 14.6 Å². The number of amidine groups is 1. The lowest BCUT2D eigenvalue weighted by Gasteiger charge is -2.03. The van der Waals surface area contributed by atoms with Gasteiger partial charge in [0.1, 0.15) is 28.2 Å². The predicted molar refractivity (Wildman–Crippen MR) is 117 cm³/mol. The summed E-state index contributed by atoms with van der Waals surface area (Å²) in [4.78, 5) is 0. The second kappa shape index (κ2) is 5.72. The molecular weight excluding hydrogens is 360 g/mol. The quantitative estimate of drug-likeness (QED) is 0.270. The average Bonchev–Trinajstić information content (AvgIpc) is 3.30. The van der Waals surface area contributed by atoms with Crippen molar-refractivity contribution in [2.75, 3.05) is 0 Å². The summed E-state index contributed by atoms with van der Waals surface area (Å²) in [6.07, 6.45) is 0. The number of hydrogen-bond acceptors (Lipinski definition) is 3. The molecule has 0 unspecified atom stereocenters. The van der Waals surface area contributed by atoms with E-state index in [4.69, 9.17) is 20.0 Å². The second-order valence-electron chi connectivity index (χ2n) is 7.22. The SMILES string of the molecule is N=C(N)c1ccc2oc3ccc(-c4cccc5c4oc4ccccc45)cc3c2c1. The van der Waals surface area contributed by atoms with E-state index < -0.39 is 0 Å². The van der Waals surface area contributed by atoms with Gasteiger partial charge in [-0.05, 0) is 42.0 Å². The predicted octanol–water partition coefficient (Wildman–Crippen LogP) is 6.44. The highest BCUT2D eigenvalue weighted by Crippen LogP contribution is 2.38. The van der Waals surface area contributed by atoms with Gasteiger partial charge in [-0.2, -0.15) is 0 Å². The van der Waals surface area contributed by atoms with Crippen molar-refractivity contribution in [2.45, 2.75) is 0 Å². The summed E-state index contributed by atoms with van der Waals surface area (Å²) in [5, 5.41) is 11.9. The molecule has 0 fully saturated rings. The van der Waals surface area contributed by atoms with Crippen molar-refractivity contribution in [3.63, 3.8) is 0 Å². The molecule has 0 aliphatic rings. The van der Waals surface area contributed by atoms with Gasteiger partial charge in [0.15, 0.2) is 0 Å². The van der Waals surface area contributed by atoms with Gasteiger partial charge in [-0.15, -0.1) is 0 Å². The summed E-state index contributed by atoms with van der Waals surface area (Å²) in [5.74, 6) is 0.0458. The van der Waals surface area contributed by atoms with E-state index >= 15 is 0 Å². The molecule has 6 rings (SSSR count). The molecule has 0 radical (unpaired) electrons. The van der Waals surface area contributed by atoms with E-state index in [2.05, 4.69) is 36.4 Å². The molecule has 0 aliphatic heterocycles. The Morgan fingerprint density at radius 3 is 2.24 bits per heavy atom. The lowest BCUT2D eigenvalue weighted by atomic mass is 10.00. The van der Waals surface area contributed by atoms with Crippen molar-refractivity contribution in [3.05, 3.63) is 84.4 Å². The fourth-order valence-corrected chi connectivity index (χ4v) is 4.09. The van der Waals surface area contributed by atoms with Crippen molar-refractivity contribution < 1.29 is 8.83 Å². The fourth-order valence-electron chi connectivity index (χ4n) is 4.09. The van der Waals surface area contributed by atoms with Gasteiger partial charge in [-0.3, -0.25) is 5.41 Å². The topological polar surface area (TPSA) is 76.2 Å². The van der Waals surface area contributed by atoms with Crippen LogP contribution in [0.25, 0.3) is 55.0 Å². The molecule has 0 saturated carbocycles. The molecule has 4 aromatic carbocycles. The van der Waals surface area contributed by atoms with Gasteiger partial charge in [-0.1, -0.05) is 42.5 Å². The van der Waals surface area contributed by atoms with Gasteiger partial charge in [0, 0.05) is 32.7 Å². The molecule has 0 spiro atoms. The van der Waals surface area contributed by atoms with Gasteiger partial charge >= 0.3 is 0 Å². The number of nitrogens with two attached hydrogens (primary N) is 1. The lowest BCUT2D eigenvalue weighted by Crippen LogP contribution is -2.10. The third-order valence-corrected chi connectivity index (χ3v) is 5.50. The van der Waals surface area contributed by atoms with Gasteiger partial charge in [-0.25, -0.2) is 0 Å². The number of nitrogen functional groups attached to an aromatic ring is 1. The van der Waals surface area contributed by atoms with Gasteiger partial charge in [0.05, 0.1) is 0 Å². The summed E-state index contributed by atoms with van der Waals surface area (Å²) in [7, 11) is 0. The molecule has 6 aromatic rings. The molecular formula is C25H16N2O2. The van der Waals surface area contributed by atoms with Crippen molar-refractivity contribution in [1.82, 2.24) is 0 Å². The van der Waals surface area contributed by atoms with Crippen LogP contribution in [0.15, 0.2) is 87.7 Å². The zero-order valence-corrected chi connectivity index (χ0v) is 15.4. The van der Waals surface area contributed by atoms with E-state index in [1.807, 2.05) is 42.5 Å². The second-order valence-corrected chi connectivity index (χ2v) is 7.22. The van der Waals surface area contributed by atoms with E-state index in [-0.39, 0.29) is 5.84 Å². The normalized spacial score (nSPS) is 11.7. The third-order valence-electron chi connectivity index (χ3n) is 5.50. The van der Waals surface area contributed by atoms with E-state index in [9.17, 15) is 0 Å². The minimum atomic E-state index is 0.0458. The van der Waals surface area contributed by atoms with Crippen LogP contribution in [0.4, 0.5) is 0 Å². The van der Waals surface area contributed by atoms with Crippen LogP contribution in [0.2, 0.25) is 0 Å². The molecule has 2 aromatic heterocycles. The Balaban J connectivity index is 1.64. The van der Waals surface area contributed by atoms with Crippen molar-refractivity contribution in [3.8, 4) is 11.1 Å². The molecule has 0 atom stereocenters. The highest BCUT2D eigenvalue weighted by molar-refractivity contribution is 6.12. The summed E-state index contributed by atoms with van der Waals surface area (Å²) < 4.78 is 12.2. The zero-order chi connectivity index (χ0) is 19.5. The Morgan fingerprint density at radius 1 is 0.655 bits per heavy atom. The van der Waals surface area contributed by atoms with E-state index in [1.54, 1.807) is 0 Å². The maximum absolute atomic E-state index is 7.73. The largest absolute Gasteiger partial charge is 0.456 e. The summed E-state index contributed by atoms with van der Waals surface area (Å²) >= 11 is 0. The molecule has 4 heteroatoms. The first-order valence-electron chi connectivity index (χ1n) is 9.40. The molecule has 0 saturated heterocycles. The zero-order valence-electron chi connectivity index (χ0n) is 15.4. The number of hydrogen-bond donors (Lipinski definition) is 2. The van der Waals surface area contributed by atoms with Crippen LogP contribution < -0.4 is 5.73 Å². The Kier molecular flexibility index (Phi) is 3.15. The van der Waals surface area contributed by atoms with Crippen LogP contribution in [-0.2, 0) is 0 Å².